The van der Waals surface area contributed by atoms with Crippen molar-refractivity contribution in [2.24, 2.45) is 0 Å². The highest BCUT2D eigenvalue weighted by atomic mass is 127. The van der Waals surface area contributed by atoms with Gasteiger partial charge in [0.05, 0.1) is 0 Å². The van der Waals surface area contributed by atoms with Gasteiger partial charge in [0.15, 0.2) is 0 Å². The third kappa shape index (κ3) is 1.61. The highest BCUT2D eigenvalue weighted by Gasteiger charge is 1.96. The van der Waals surface area contributed by atoms with Crippen molar-refractivity contribution in [3.63, 3.8) is 0 Å². The first kappa shape index (κ1) is 7.40. The van der Waals surface area contributed by atoms with Crippen molar-refractivity contribution < 1.29 is 0 Å². The predicted molar refractivity (Wildman–Crippen MR) is 52.4 cm³/mol. The molecule has 0 radical (unpaired) electrons. The van der Waals surface area contributed by atoms with E-state index in [1.54, 1.807) is 6.20 Å². The van der Waals surface area contributed by atoms with E-state index < -0.39 is 0 Å². The molecule has 0 bridgehead atoms. The van der Waals surface area contributed by atoms with Gasteiger partial charge in [0.1, 0.15) is 12.9 Å². The van der Waals surface area contributed by atoms with Gasteiger partial charge in [-0.1, -0.05) is 5.46 Å². The molecule has 0 saturated heterocycles. The fraction of sp³-hybridized carbons (Fsp3) is 0. The second-order valence-corrected chi connectivity index (χ2v) is 3.27. The Morgan fingerprint density at radius 1 is 1.67 bits per heavy atom. The molecule has 0 aliphatic rings. The molecule has 0 saturated carbocycles. The highest BCUT2D eigenvalue weighted by molar-refractivity contribution is 14.1. The molecule has 4 heteroatoms. The van der Waals surface area contributed by atoms with Gasteiger partial charge < -0.3 is 0 Å². The number of pyridine rings is 1. The van der Waals surface area contributed by atoms with Crippen LogP contribution in [0.5, 0.6) is 0 Å². The second kappa shape index (κ2) is 2.92. The molecule has 0 spiro atoms. The van der Waals surface area contributed by atoms with Gasteiger partial charge in [-0.05, 0) is 28.7 Å². The van der Waals surface area contributed by atoms with Gasteiger partial charge in [-0.2, -0.15) is 0 Å². The highest BCUT2D eigenvalue weighted by Crippen LogP contribution is 2.08. The standard InChI is InChI=1S/C5H5BINS/c6-3-1-2-8-5(9)4(3)7/h1-2H,6H2,(H,8,9). The summed E-state index contributed by atoms with van der Waals surface area (Å²) in [6, 6.07) is 1.97. The lowest BCUT2D eigenvalue weighted by Crippen LogP contribution is -2.07. The Labute approximate surface area is 74.2 Å². The molecule has 1 aromatic heterocycles. The summed E-state index contributed by atoms with van der Waals surface area (Å²) in [6.07, 6.45) is 1.76. The van der Waals surface area contributed by atoms with Crippen LogP contribution in [-0.2, 0) is 0 Å². The maximum atomic E-state index is 4.15. The van der Waals surface area contributed by atoms with Crippen LogP contribution in [0, 0.1) is 3.57 Å². The molecular weight excluding hydrogens is 244 g/mol. The summed E-state index contributed by atoms with van der Waals surface area (Å²) < 4.78 is 1.14. The third-order valence-electron chi connectivity index (χ3n) is 1.06. The van der Waals surface area contributed by atoms with Crippen LogP contribution in [-0.4, -0.2) is 12.8 Å². The zero-order valence-corrected chi connectivity index (χ0v) is 7.98. The second-order valence-electron chi connectivity index (χ2n) is 1.77. The zero-order chi connectivity index (χ0) is 6.85. The third-order valence-corrected chi connectivity index (χ3v) is 3.19. The van der Waals surface area contributed by atoms with E-state index in [0.717, 1.165) is 8.60 Å². The first-order valence-corrected chi connectivity index (χ1v) is 4.04. The molecule has 1 rings (SSSR count). The summed E-state index contributed by atoms with van der Waals surface area (Å²) in [5.41, 5.74) is 1.23. The molecule has 0 aromatic carbocycles. The van der Waals surface area contributed by atoms with Gasteiger partial charge in [-0.15, -0.1) is 12.6 Å². The molecule has 46 valence electrons. The molecule has 9 heavy (non-hydrogen) atoms. The van der Waals surface area contributed by atoms with Crippen molar-refractivity contribution in [2.75, 3.05) is 0 Å². The van der Waals surface area contributed by atoms with Crippen molar-refractivity contribution in [1.82, 2.24) is 4.98 Å². The summed E-state index contributed by atoms with van der Waals surface area (Å²) >= 11 is 6.38. The molecule has 0 atom stereocenters. The van der Waals surface area contributed by atoms with Gasteiger partial charge in [-0.3, -0.25) is 0 Å². The van der Waals surface area contributed by atoms with E-state index in [1.165, 1.54) is 5.46 Å². The lowest BCUT2D eigenvalue weighted by molar-refractivity contribution is 1.13. The monoisotopic (exact) mass is 249 g/mol. The van der Waals surface area contributed by atoms with Gasteiger partial charge in [0.2, 0.25) is 0 Å². The number of hydrogen-bond donors (Lipinski definition) is 1. The van der Waals surface area contributed by atoms with Crippen LogP contribution < -0.4 is 5.46 Å². The van der Waals surface area contributed by atoms with E-state index in [-0.39, 0.29) is 0 Å². The molecular formula is C5H5BINS. The Hall–Kier alpha value is 0.295. The smallest absolute Gasteiger partial charge is 0.140 e. The van der Waals surface area contributed by atoms with Crippen molar-refractivity contribution in [3.8, 4) is 0 Å². The van der Waals surface area contributed by atoms with Gasteiger partial charge >= 0.3 is 0 Å². The minimum Gasteiger partial charge on any atom is -0.249 e. The Balaban J connectivity index is 3.25. The summed E-state index contributed by atoms with van der Waals surface area (Å²) in [4.78, 5) is 4.00. The van der Waals surface area contributed by atoms with Crippen molar-refractivity contribution in [3.05, 3.63) is 15.8 Å². The summed E-state index contributed by atoms with van der Waals surface area (Å²) in [7, 11) is 2.04. The number of thiol groups is 1. The van der Waals surface area contributed by atoms with Crippen LogP contribution in [0.3, 0.4) is 0 Å². The van der Waals surface area contributed by atoms with E-state index in [1.807, 2.05) is 13.9 Å². The number of nitrogens with zero attached hydrogens (tertiary/aromatic N) is 1. The SMILES string of the molecule is Bc1ccnc(S)c1I. The van der Waals surface area contributed by atoms with Crippen LogP contribution >= 0.6 is 35.2 Å². The molecule has 1 aromatic rings. The van der Waals surface area contributed by atoms with Gasteiger partial charge in [-0.25, -0.2) is 4.98 Å². The average molecular weight is 249 g/mol. The Morgan fingerprint density at radius 3 is 2.78 bits per heavy atom. The van der Waals surface area contributed by atoms with E-state index in [0.29, 0.717) is 0 Å². The zero-order valence-electron chi connectivity index (χ0n) is 4.93. The van der Waals surface area contributed by atoms with Gasteiger partial charge in [0, 0.05) is 9.77 Å². The fourth-order valence-electron chi connectivity index (χ4n) is 0.526. The predicted octanol–water partition coefficient (Wildman–Crippen LogP) is 0.233. The Morgan fingerprint density at radius 2 is 2.33 bits per heavy atom. The molecule has 1 heterocycles. The van der Waals surface area contributed by atoms with Crippen LogP contribution in [0.25, 0.3) is 0 Å². The minimum absolute atomic E-state index is 0.815. The van der Waals surface area contributed by atoms with Crippen molar-refractivity contribution in [1.29, 1.82) is 0 Å². The normalized spacial score (nSPS) is 9.56. The van der Waals surface area contributed by atoms with E-state index >= 15 is 0 Å². The first-order chi connectivity index (χ1) is 4.22. The lowest BCUT2D eigenvalue weighted by atomic mass is 9.98. The fourth-order valence-corrected chi connectivity index (χ4v) is 1.09. The van der Waals surface area contributed by atoms with E-state index in [9.17, 15) is 0 Å². The number of aromatic nitrogens is 1. The molecule has 0 N–H and O–H groups in total. The topological polar surface area (TPSA) is 12.9 Å². The van der Waals surface area contributed by atoms with E-state index in [2.05, 4.69) is 40.2 Å². The number of hydrogen-bond acceptors (Lipinski definition) is 2. The maximum absolute atomic E-state index is 4.15. The molecule has 1 nitrogen and oxygen atoms in total. The van der Waals surface area contributed by atoms with E-state index in [4.69, 9.17) is 0 Å². The molecule has 0 fully saturated rings. The molecule has 0 aliphatic heterocycles. The van der Waals surface area contributed by atoms with Crippen LogP contribution in [0.4, 0.5) is 0 Å². The Bertz CT molecular complexity index is 208. The summed E-state index contributed by atoms with van der Waals surface area (Å²) in [5, 5.41) is 0.815. The maximum Gasteiger partial charge on any atom is 0.140 e. The van der Waals surface area contributed by atoms with Gasteiger partial charge in [0.25, 0.3) is 0 Å². The lowest BCUT2D eigenvalue weighted by Gasteiger charge is -1.97. The summed E-state index contributed by atoms with van der Waals surface area (Å²) in [5.74, 6) is 0. The number of halogens is 1. The molecule has 0 aliphatic carbocycles. The quantitative estimate of drug-likeness (QED) is 0.394. The largest absolute Gasteiger partial charge is 0.249 e. The molecule has 0 unspecified atom stereocenters. The van der Waals surface area contributed by atoms with Crippen molar-refractivity contribution in [2.45, 2.75) is 5.03 Å². The van der Waals surface area contributed by atoms with Crippen LogP contribution in [0.15, 0.2) is 17.3 Å². The summed E-state index contributed by atoms with van der Waals surface area (Å²) in [6.45, 7) is 0. The minimum atomic E-state index is 0.815. The van der Waals surface area contributed by atoms with Crippen LogP contribution in [0.2, 0.25) is 0 Å². The first-order valence-electron chi connectivity index (χ1n) is 2.52. The van der Waals surface area contributed by atoms with Crippen LogP contribution in [0.1, 0.15) is 0 Å². The average Bonchev–Trinajstić information content (AvgIpc) is 1.83. The molecule has 0 amide bonds. The number of rotatable bonds is 0. The van der Waals surface area contributed by atoms with Crippen molar-refractivity contribution >= 4 is 48.5 Å². The Kier molecular flexibility index (Phi) is 2.40.